The molecule has 4 N–H and O–H groups in total. The van der Waals surface area contributed by atoms with Crippen molar-refractivity contribution in [1.29, 1.82) is 0 Å². The highest BCUT2D eigenvalue weighted by Gasteiger charge is 2.42. The van der Waals surface area contributed by atoms with Crippen LogP contribution in [-0.2, 0) is 42.9 Å². The molecule has 290 valence electrons. The van der Waals surface area contributed by atoms with Crippen LogP contribution in [0.25, 0.3) is 21.5 Å². The van der Waals surface area contributed by atoms with Crippen LogP contribution in [0.4, 0.5) is 26.3 Å². The van der Waals surface area contributed by atoms with E-state index in [0.29, 0.717) is 23.6 Å². The van der Waals surface area contributed by atoms with E-state index in [1.165, 1.54) is 12.1 Å². The summed E-state index contributed by atoms with van der Waals surface area (Å²) in [5.74, 6) is -2.77. The molecule has 0 radical (unpaired) electrons. The molecule has 0 heterocycles. The standard InChI is InChI=1S/C42H34F6N2O6/c43-41(44,45)31-15-7-13-29(25-31)39(49,21-23-53-35-19-5-11-27-9-1-3-17-33(27)35)55-37(51)38(52)56-40(50,30-14-8-16-32(26-30)42(46,47)48)22-24-54-36-20-6-12-28-10-2-4-18-34(28)36/h1-20,25-26H,21-24,49-50H2. The first-order chi connectivity index (χ1) is 26.6. The third-order valence-electron chi connectivity index (χ3n) is 9.03. The number of ether oxygens (including phenoxy) is 4. The summed E-state index contributed by atoms with van der Waals surface area (Å²) in [6.07, 6.45) is -10.5. The van der Waals surface area contributed by atoms with Gasteiger partial charge in [-0.3, -0.25) is 11.5 Å². The highest BCUT2D eigenvalue weighted by atomic mass is 19.4. The molecule has 0 aromatic heterocycles. The zero-order chi connectivity index (χ0) is 40.1. The smallest absolute Gasteiger partial charge is 0.419 e. The van der Waals surface area contributed by atoms with Crippen LogP contribution in [0, 0.1) is 0 Å². The summed E-state index contributed by atoms with van der Waals surface area (Å²) in [6, 6.07) is 32.3. The van der Waals surface area contributed by atoms with Crippen LogP contribution in [0.1, 0.15) is 35.1 Å². The summed E-state index contributed by atoms with van der Waals surface area (Å²) in [6.45, 7) is -0.612. The number of fused-ring (bicyclic) bond motifs is 2. The maximum Gasteiger partial charge on any atom is 0.419 e. The molecule has 0 saturated heterocycles. The van der Waals surface area contributed by atoms with E-state index < -0.39 is 59.7 Å². The fourth-order valence-corrected chi connectivity index (χ4v) is 6.11. The zero-order valence-corrected chi connectivity index (χ0v) is 29.4. The van der Waals surface area contributed by atoms with Gasteiger partial charge in [-0.05, 0) is 47.2 Å². The number of nitrogens with two attached hydrogens (primary N) is 2. The first-order valence-corrected chi connectivity index (χ1v) is 17.2. The van der Waals surface area contributed by atoms with Gasteiger partial charge in [-0.1, -0.05) is 97.1 Å². The van der Waals surface area contributed by atoms with Crippen LogP contribution >= 0.6 is 0 Å². The summed E-state index contributed by atoms with van der Waals surface area (Å²) < 4.78 is 105. The molecule has 0 saturated carbocycles. The molecule has 0 aliphatic rings. The minimum atomic E-state index is -4.81. The zero-order valence-electron chi connectivity index (χ0n) is 29.4. The highest BCUT2D eigenvalue weighted by Crippen LogP contribution is 2.36. The Morgan fingerprint density at radius 1 is 0.464 bits per heavy atom. The van der Waals surface area contributed by atoms with Crippen LogP contribution in [0.5, 0.6) is 11.5 Å². The van der Waals surface area contributed by atoms with Gasteiger partial charge in [-0.2, -0.15) is 26.3 Å². The number of carbonyl (C=O) groups is 2. The predicted molar refractivity (Wildman–Crippen MR) is 195 cm³/mol. The Bertz CT molecular complexity index is 2190. The van der Waals surface area contributed by atoms with Crippen molar-refractivity contribution in [3.8, 4) is 11.5 Å². The minimum Gasteiger partial charge on any atom is -0.493 e. The molecular weight excluding hydrogens is 742 g/mol. The molecule has 6 rings (SSSR count). The number of esters is 2. The molecule has 6 aromatic carbocycles. The van der Waals surface area contributed by atoms with E-state index in [1.807, 2.05) is 36.4 Å². The topological polar surface area (TPSA) is 123 Å². The van der Waals surface area contributed by atoms with Gasteiger partial charge in [-0.15, -0.1) is 0 Å². The molecule has 0 amide bonds. The van der Waals surface area contributed by atoms with Crippen molar-refractivity contribution in [3.05, 3.63) is 156 Å². The van der Waals surface area contributed by atoms with E-state index in [9.17, 15) is 35.9 Å². The summed E-state index contributed by atoms with van der Waals surface area (Å²) in [7, 11) is 0. The Kier molecular flexibility index (Phi) is 11.3. The molecule has 0 spiro atoms. The van der Waals surface area contributed by atoms with Crippen LogP contribution in [0.3, 0.4) is 0 Å². The van der Waals surface area contributed by atoms with E-state index >= 15 is 0 Å². The van der Waals surface area contributed by atoms with Gasteiger partial charge >= 0.3 is 24.3 Å². The van der Waals surface area contributed by atoms with E-state index in [-0.39, 0.29) is 24.3 Å². The molecule has 0 bridgehead atoms. The van der Waals surface area contributed by atoms with Gasteiger partial charge in [0, 0.05) is 34.7 Å². The molecule has 14 heteroatoms. The quantitative estimate of drug-likeness (QED) is 0.0547. The lowest BCUT2D eigenvalue weighted by atomic mass is 9.97. The number of hydrogen-bond acceptors (Lipinski definition) is 8. The first kappa shape index (κ1) is 39.6. The van der Waals surface area contributed by atoms with Crippen LogP contribution in [0.15, 0.2) is 133 Å². The van der Waals surface area contributed by atoms with Gasteiger partial charge in [0.25, 0.3) is 0 Å². The monoisotopic (exact) mass is 776 g/mol. The number of halogens is 6. The lowest BCUT2D eigenvalue weighted by Gasteiger charge is -2.32. The molecule has 6 aromatic rings. The average molecular weight is 777 g/mol. The third kappa shape index (κ3) is 9.04. The summed E-state index contributed by atoms with van der Waals surface area (Å²) in [4.78, 5) is 27.0. The maximum atomic E-state index is 13.8. The number of rotatable bonds is 12. The van der Waals surface area contributed by atoms with Crippen LogP contribution < -0.4 is 20.9 Å². The number of benzene rings is 6. The maximum absolute atomic E-state index is 13.8. The second kappa shape index (κ2) is 15.9. The molecule has 0 aliphatic carbocycles. The highest BCUT2D eigenvalue weighted by molar-refractivity contribution is 6.29. The predicted octanol–water partition coefficient (Wildman–Crippen LogP) is 8.98. The summed E-state index contributed by atoms with van der Waals surface area (Å²) in [5, 5.41) is 3.11. The second-order valence-electron chi connectivity index (χ2n) is 12.9. The van der Waals surface area contributed by atoms with Gasteiger partial charge in [0.1, 0.15) is 11.5 Å². The lowest BCUT2D eigenvalue weighted by Crippen LogP contribution is -2.48. The lowest BCUT2D eigenvalue weighted by molar-refractivity contribution is -0.189. The number of alkyl halides is 6. The Hall–Kier alpha value is -6.12. The van der Waals surface area contributed by atoms with Gasteiger partial charge in [0.05, 0.1) is 24.3 Å². The number of hydrogen-bond donors (Lipinski definition) is 2. The molecule has 0 fully saturated rings. The van der Waals surface area contributed by atoms with Crippen molar-refractivity contribution in [1.82, 2.24) is 0 Å². The minimum absolute atomic E-state index is 0.306. The molecular formula is C42H34F6N2O6. The third-order valence-corrected chi connectivity index (χ3v) is 9.03. The Morgan fingerprint density at radius 2 is 0.804 bits per heavy atom. The molecule has 2 unspecified atom stereocenters. The van der Waals surface area contributed by atoms with Crippen molar-refractivity contribution in [3.63, 3.8) is 0 Å². The summed E-state index contributed by atoms with van der Waals surface area (Å²) >= 11 is 0. The molecule has 0 aliphatic heterocycles. The second-order valence-corrected chi connectivity index (χ2v) is 12.9. The summed E-state index contributed by atoms with van der Waals surface area (Å²) in [5.41, 5.74) is 5.28. The Labute approximate surface area is 316 Å². The fourth-order valence-electron chi connectivity index (χ4n) is 6.11. The van der Waals surface area contributed by atoms with Crippen LogP contribution in [-0.4, -0.2) is 25.2 Å². The molecule has 2 atom stereocenters. The molecule has 8 nitrogen and oxygen atoms in total. The van der Waals surface area contributed by atoms with Crippen LogP contribution in [0.2, 0.25) is 0 Å². The van der Waals surface area contributed by atoms with E-state index in [0.717, 1.165) is 45.8 Å². The van der Waals surface area contributed by atoms with E-state index in [2.05, 4.69) is 0 Å². The normalized spacial score (nSPS) is 14.1. The van der Waals surface area contributed by atoms with E-state index in [1.54, 1.807) is 48.5 Å². The largest absolute Gasteiger partial charge is 0.493 e. The van der Waals surface area contributed by atoms with Crippen molar-refractivity contribution in [2.45, 2.75) is 36.6 Å². The van der Waals surface area contributed by atoms with Crippen molar-refractivity contribution in [2.24, 2.45) is 11.5 Å². The van der Waals surface area contributed by atoms with Crippen molar-refractivity contribution in [2.75, 3.05) is 13.2 Å². The van der Waals surface area contributed by atoms with Gasteiger partial charge in [-0.25, -0.2) is 9.59 Å². The Morgan fingerprint density at radius 3 is 1.20 bits per heavy atom. The van der Waals surface area contributed by atoms with Crippen molar-refractivity contribution < 1.29 is 54.9 Å². The average Bonchev–Trinajstić information content (AvgIpc) is 3.17. The van der Waals surface area contributed by atoms with Gasteiger partial charge in [0.15, 0.2) is 11.4 Å². The SMILES string of the molecule is NC(CCOc1cccc2ccccc12)(OC(=O)C(=O)OC(N)(CCOc1cccc2ccccc12)c1cccc(C(F)(F)F)c1)c1cccc(C(F)(F)F)c1. The first-order valence-electron chi connectivity index (χ1n) is 17.2. The fraction of sp³-hybridized carbons (Fsp3) is 0.190. The molecule has 56 heavy (non-hydrogen) atoms. The Balaban J connectivity index is 1.26. The van der Waals surface area contributed by atoms with Crippen molar-refractivity contribution >= 4 is 33.5 Å². The van der Waals surface area contributed by atoms with Gasteiger partial charge < -0.3 is 18.9 Å². The number of carbonyl (C=O) groups excluding carboxylic acids is 2. The van der Waals surface area contributed by atoms with Gasteiger partial charge in [0.2, 0.25) is 0 Å². The van der Waals surface area contributed by atoms with E-state index in [4.69, 9.17) is 30.4 Å².